The predicted molar refractivity (Wildman–Crippen MR) is 59.3 cm³/mol. The summed E-state index contributed by atoms with van der Waals surface area (Å²) in [6.07, 6.45) is 0. The summed E-state index contributed by atoms with van der Waals surface area (Å²) in [7, 11) is 0. The molecule has 2 atom stereocenters. The third-order valence-electron chi connectivity index (χ3n) is 3.23. The lowest BCUT2D eigenvalue weighted by Crippen LogP contribution is -2.21. The van der Waals surface area contributed by atoms with Gasteiger partial charge in [0.2, 0.25) is 0 Å². The standard InChI is InChI=1S/C12H18N2/c1-9-4-2-3-5-11(9)12-8-14-7-10(12)6-13/h2-5,10,12,14H,6-8,13H2,1H3. The van der Waals surface area contributed by atoms with Crippen LogP contribution in [0.15, 0.2) is 24.3 Å². The molecular formula is C12H18N2. The zero-order chi connectivity index (χ0) is 9.97. The third-order valence-corrected chi connectivity index (χ3v) is 3.23. The Morgan fingerprint density at radius 2 is 2.14 bits per heavy atom. The SMILES string of the molecule is Cc1ccccc1C1CNCC1CN. The lowest BCUT2D eigenvalue weighted by Gasteiger charge is -2.18. The first-order chi connectivity index (χ1) is 6.83. The fourth-order valence-electron chi connectivity index (χ4n) is 2.35. The van der Waals surface area contributed by atoms with Crippen LogP contribution in [0.3, 0.4) is 0 Å². The maximum atomic E-state index is 5.77. The maximum Gasteiger partial charge on any atom is 0.00240 e. The summed E-state index contributed by atoms with van der Waals surface area (Å²) in [5.41, 5.74) is 8.63. The van der Waals surface area contributed by atoms with Gasteiger partial charge in [-0.15, -0.1) is 0 Å². The smallest absolute Gasteiger partial charge is 0.00240 e. The average molecular weight is 190 g/mol. The van der Waals surface area contributed by atoms with Gasteiger partial charge in [0.15, 0.2) is 0 Å². The van der Waals surface area contributed by atoms with E-state index in [1.807, 2.05) is 0 Å². The lowest BCUT2D eigenvalue weighted by atomic mass is 9.86. The van der Waals surface area contributed by atoms with Crippen molar-refractivity contribution >= 4 is 0 Å². The second-order valence-corrected chi connectivity index (χ2v) is 4.12. The van der Waals surface area contributed by atoms with E-state index in [9.17, 15) is 0 Å². The Kier molecular flexibility index (Phi) is 2.85. The molecule has 1 aromatic carbocycles. The molecular weight excluding hydrogens is 172 g/mol. The minimum atomic E-state index is 0.607. The van der Waals surface area contributed by atoms with Gasteiger partial charge >= 0.3 is 0 Å². The summed E-state index contributed by atoms with van der Waals surface area (Å²) in [6.45, 7) is 5.11. The third kappa shape index (κ3) is 1.68. The second kappa shape index (κ2) is 4.11. The van der Waals surface area contributed by atoms with E-state index in [1.54, 1.807) is 0 Å². The summed E-state index contributed by atoms with van der Waals surface area (Å²) in [4.78, 5) is 0. The summed E-state index contributed by atoms with van der Waals surface area (Å²) in [5.74, 6) is 1.22. The van der Waals surface area contributed by atoms with Crippen molar-refractivity contribution in [1.82, 2.24) is 5.32 Å². The zero-order valence-corrected chi connectivity index (χ0v) is 8.66. The molecule has 0 aromatic heterocycles. The first-order valence-corrected chi connectivity index (χ1v) is 5.29. The zero-order valence-electron chi connectivity index (χ0n) is 8.66. The molecule has 1 fully saturated rings. The molecule has 1 aliphatic heterocycles. The number of hydrogen-bond donors (Lipinski definition) is 2. The van der Waals surface area contributed by atoms with Gasteiger partial charge in [-0.1, -0.05) is 24.3 Å². The van der Waals surface area contributed by atoms with Crippen molar-refractivity contribution in [3.8, 4) is 0 Å². The van der Waals surface area contributed by atoms with E-state index in [-0.39, 0.29) is 0 Å². The van der Waals surface area contributed by atoms with E-state index in [4.69, 9.17) is 5.73 Å². The normalized spacial score (nSPS) is 26.7. The molecule has 2 heteroatoms. The van der Waals surface area contributed by atoms with Crippen molar-refractivity contribution in [2.45, 2.75) is 12.8 Å². The van der Waals surface area contributed by atoms with Gasteiger partial charge < -0.3 is 11.1 Å². The van der Waals surface area contributed by atoms with Crippen LogP contribution in [0.4, 0.5) is 0 Å². The Morgan fingerprint density at radius 3 is 2.86 bits per heavy atom. The molecule has 1 aliphatic rings. The van der Waals surface area contributed by atoms with Gasteiger partial charge in [0.1, 0.15) is 0 Å². The average Bonchev–Trinajstić information content (AvgIpc) is 2.66. The number of hydrogen-bond acceptors (Lipinski definition) is 2. The van der Waals surface area contributed by atoms with E-state index in [0.29, 0.717) is 11.8 Å². The van der Waals surface area contributed by atoms with Crippen LogP contribution in [-0.4, -0.2) is 19.6 Å². The lowest BCUT2D eigenvalue weighted by molar-refractivity contribution is 0.529. The van der Waals surface area contributed by atoms with Gasteiger partial charge in [0.25, 0.3) is 0 Å². The molecule has 76 valence electrons. The van der Waals surface area contributed by atoms with E-state index in [0.717, 1.165) is 19.6 Å². The highest BCUT2D eigenvalue weighted by Gasteiger charge is 2.27. The highest BCUT2D eigenvalue weighted by molar-refractivity contribution is 5.31. The van der Waals surface area contributed by atoms with Crippen LogP contribution in [0.2, 0.25) is 0 Å². The summed E-state index contributed by atoms with van der Waals surface area (Å²) in [6, 6.07) is 8.63. The van der Waals surface area contributed by atoms with E-state index < -0.39 is 0 Å². The van der Waals surface area contributed by atoms with Crippen molar-refractivity contribution in [2.24, 2.45) is 11.7 Å². The molecule has 0 bridgehead atoms. The fraction of sp³-hybridized carbons (Fsp3) is 0.500. The molecule has 2 nitrogen and oxygen atoms in total. The molecule has 0 aliphatic carbocycles. The van der Waals surface area contributed by atoms with E-state index >= 15 is 0 Å². The van der Waals surface area contributed by atoms with Gasteiger partial charge in [-0.2, -0.15) is 0 Å². The van der Waals surface area contributed by atoms with Crippen molar-refractivity contribution in [3.05, 3.63) is 35.4 Å². The van der Waals surface area contributed by atoms with Crippen LogP contribution in [0.1, 0.15) is 17.0 Å². The molecule has 2 rings (SSSR count). The fourth-order valence-corrected chi connectivity index (χ4v) is 2.35. The minimum absolute atomic E-state index is 0.607. The Bertz CT molecular complexity index is 309. The molecule has 2 unspecified atom stereocenters. The van der Waals surface area contributed by atoms with Crippen molar-refractivity contribution in [1.29, 1.82) is 0 Å². The molecule has 0 spiro atoms. The first kappa shape index (κ1) is 9.69. The highest BCUT2D eigenvalue weighted by atomic mass is 14.9. The summed E-state index contributed by atoms with van der Waals surface area (Å²) < 4.78 is 0. The molecule has 0 amide bonds. The Morgan fingerprint density at radius 1 is 1.36 bits per heavy atom. The second-order valence-electron chi connectivity index (χ2n) is 4.12. The van der Waals surface area contributed by atoms with E-state index in [2.05, 4.69) is 36.5 Å². The molecule has 3 N–H and O–H groups in total. The van der Waals surface area contributed by atoms with Gasteiger partial charge in [-0.05, 0) is 37.1 Å². The van der Waals surface area contributed by atoms with Gasteiger partial charge in [0, 0.05) is 12.5 Å². The number of aryl methyl sites for hydroxylation is 1. The predicted octanol–water partition coefficient (Wildman–Crippen LogP) is 1.26. The summed E-state index contributed by atoms with van der Waals surface area (Å²) >= 11 is 0. The number of rotatable bonds is 2. The maximum absolute atomic E-state index is 5.77. The van der Waals surface area contributed by atoms with Crippen LogP contribution in [0.25, 0.3) is 0 Å². The van der Waals surface area contributed by atoms with Crippen molar-refractivity contribution in [2.75, 3.05) is 19.6 Å². The minimum Gasteiger partial charge on any atom is -0.330 e. The van der Waals surface area contributed by atoms with Crippen LogP contribution >= 0.6 is 0 Å². The molecule has 1 saturated heterocycles. The van der Waals surface area contributed by atoms with Crippen LogP contribution in [0.5, 0.6) is 0 Å². The Hall–Kier alpha value is -0.860. The van der Waals surface area contributed by atoms with Gasteiger partial charge in [0.05, 0.1) is 0 Å². The van der Waals surface area contributed by atoms with Crippen LogP contribution in [-0.2, 0) is 0 Å². The number of nitrogens with one attached hydrogen (secondary N) is 1. The van der Waals surface area contributed by atoms with Gasteiger partial charge in [-0.25, -0.2) is 0 Å². The largest absolute Gasteiger partial charge is 0.330 e. The molecule has 1 aromatic rings. The van der Waals surface area contributed by atoms with Crippen molar-refractivity contribution in [3.63, 3.8) is 0 Å². The summed E-state index contributed by atoms with van der Waals surface area (Å²) in [5, 5.41) is 3.42. The molecule has 1 heterocycles. The van der Waals surface area contributed by atoms with E-state index in [1.165, 1.54) is 11.1 Å². The number of benzene rings is 1. The first-order valence-electron chi connectivity index (χ1n) is 5.29. The highest BCUT2D eigenvalue weighted by Crippen LogP contribution is 2.29. The van der Waals surface area contributed by atoms with Gasteiger partial charge in [-0.3, -0.25) is 0 Å². The Balaban J connectivity index is 2.26. The molecule has 0 saturated carbocycles. The molecule has 0 radical (unpaired) electrons. The Labute approximate surface area is 85.5 Å². The quantitative estimate of drug-likeness (QED) is 0.736. The van der Waals surface area contributed by atoms with Crippen molar-refractivity contribution < 1.29 is 0 Å². The van der Waals surface area contributed by atoms with Crippen LogP contribution < -0.4 is 11.1 Å². The monoisotopic (exact) mass is 190 g/mol. The van der Waals surface area contributed by atoms with Crippen LogP contribution in [0, 0.1) is 12.8 Å². The molecule has 14 heavy (non-hydrogen) atoms. The number of nitrogens with two attached hydrogens (primary N) is 1. The topological polar surface area (TPSA) is 38.0 Å².